The summed E-state index contributed by atoms with van der Waals surface area (Å²) < 4.78 is 147. The lowest BCUT2D eigenvalue weighted by atomic mass is 9.89. The Morgan fingerprint density at radius 3 is 2.26 bits per heavy atom. The van der Waals surface area contributed by atoms with Gasteiger partial charge in [-0.3, -0.25) is 14.2 Å². The van der Waals surface area contributed by atoms with Crippen LogP contribution < -0.4 is 10.0 Å². The molecule has 1 aliphatic carbocycles. The van der Waals surface area contributed by atoms with Crippen LogP contribution >= 0.6 is 11.6 Å². The van der Waals surface area contributed by atoms with E-state index in [0.29, 0.717) is 6.07 Å². The first kappa shape index (κ1) is 42.5. The van der Waals surface area contributed by atoms with Crippen LogP contribution in [0.4, 0.5) is 35.1 Å². The number of fused-ring (bicyclic) bond motifs is 2. The van der Waals surface area contributed by atoms with Crippen molar-refractivity contribution in [2.75, 3.05) is 7.05 Å². The molecule has 3 N–H and O–H groups in total. The molecule has 0 saturated heterocycles. The number of aliphatic hydroxyl groups is 1. The number of alkyl halides is 6. The van der Waals surface area contributed by atoms with E-state index < -0.39 is 105 Å². The fraction of sp³-hybridized carbons (Fsp3) is 0.351. The number of halogens is 9. The lowest BCUT2D eigenvalue weighted by Crippen LogP contribution is -2.37. The summed E-state index contributed by atoms with van der Waals surface area (Å²) in [5.41, 5.74) is -6.16. The average molecular weight is 858 g/mol. The van der Waals surface area contributed by atoms with E-state index in [1.54, 1.807) is 0 Å². The summed E-state index contributed by atoms with van der Waals surface area (Å²) in [5, 5.41) is 19.8. The molecule has 6 rings (SSSR count). The number of nitrogens with one attached hydrogen (secondary N) is 2. The molecule has 1 amide bonds. The van der Waals surface area contributed by atoms with E-state index in [9.17, 15) is 44.7 Å². The molecule has 0 saturated carbocycles. The van der Waals surface area contributed by atoms with Gasteiger partial charge < -0.3 is 10.4 Å². The Morgan fingerprint density at radius 2 is 1.64 bits per heavy atom. The predicted octanol–water partition coefficient (Wildman–Crippen LogP) is 6.81. The van der Waals surface area contributed by atoms with Crippen LogP contribution in [0.2, 0.25) is 5.02 Å². The molecular formula is C37H32ClF8N7O4S. The third-order valence-corrected chi connectivity index (χ3v) is 10.8. The number of sulfonamides is 1. The van der Waals surface area contributed by atoms with Crippen molar-refractivity contribution in [3.05, 3.63) is 93.0 Å². The SMILES string of the molecule is CNS(=O)(=O)c1nn(C)c2c(-c3ccc(C#CC(C)(C)O)nc3[C@H](Cc3cc(F)cc(F)c3)NC(=O)Cn3nc(C(F)F)c4c3C(F)(F)CCC4(F)F)ccc(Cl)c12. The number of aryl methyl sites for hydroxylation is 1. The van der Waals surface area contributed by atoms with Crippen LogP contribution in [0.3, 0.4) is 0 Å². The third kappa shape index (κ3) is 8.39. The Kier molecular flexibility index (Phi) is 11.2. The number of carbonyl (C=O) groups is 1. The Labute approximate surface area is 330 Å². The number of amides is 1. The maximum atomic E-state index is 15.2. The van der Waals surface area contributed by atoms with Crippen molar-refractivity contribution in [3.63, 3.8) is 0 Å². The molecular weight excluding hydrogens is 826 g/mol. The average Bonchev–Trinajstić information content (AvgIpc) is 3.70. The summed E-state index contributed by atoms with van der Waals surface area (Å²) in [7, 11) is -1.63. The van der Waals surface area contributed by atoms with Crippen LogP contribution in [-0.4, -0.2) is 56.6 Å². The molecule has 308 valence electrons. The maximum Gasteiger partial charge on any atom is 0.290 e. The van der Waals surface area contributed by atoms with Gasteiger partial charge in [-0.25, -0.2) is 44.5 Å². The number of rotatable bonds is 10. The molecule has 3 heterocycles. The van der Waals surface area contributed by atoms with Crippen molar-refractivity contribution in [3.8, 4) is 23.0 Å². The second-order valence-corrected chi connectivity index (χ2v) is 16.2. The molecule has 0 bridgehead atoms. The van der Waals surface area contributed by atoms with Gasteiger partial charge in [0.2, 0.25) is 10.9 Å². The third-order valence-electron chi connectivity index (χ3n) is 9.11. The number of aromatic nitrogens is 5. The van der Waals surface area contributed by atoms with Crippen LogP contribution in [0.1, 0.15) is 73.1 Å². The minimum absolute atomic E-state index is 0.0243. The lowest BCUT2D eigenvalue weighted by molar-refractivity contribution is -0.123. The van der Waals surface area contributed by atoms with Crippen molar-refractivity contribution < 1.29 is 53.4 Å². The largest absolute Gasteiger partial charge is 0.378 e. The van der Waals surface area contributed by atoms with Crippen molar-refractivity contribution >= 4 is 38.4 Å². The van der Waals surface area contributed by atoms with Crippen molar-refractivity contribution in [1.29, 1.82) is 0 Å². The lowest BCUT2D eigenvalue weighted by Gasteiger charge is -2.29. The first-order valence-electron chi connectivity index (χ1n) is 17.2. The number of carbonyl (C=O) groups excluding carboxylic acids is 1. The van der Waals surface area contributed by atoms with Crippen molar-refractivity contribution in [2.45, 2.75) is 74.6 Å². The first-order valence-corrected chi connectivity index (χ1v) is 19.0. The zero-order valence-corrected chi connectivity index (χ0v) is 32.3. The van der Waals surface area contributed by atoms with Crippen LogP contribution in [0, 0.1) is 23.5 Å². The fourth-order valence-corrected chi connectivity index (χ4v) is 7.89. The van der Waals surface area contributed by atoms with E-state index in [2.05, 4.69) is 37.1 Å². The summed E-state index contributed by atoms with van der Waals surface area (Å²) in [6.07, 6.45) is -7.07. The number of hydrogen-bond acceptors (Lipinski definition) is 7. The summed E-state index contributed by atoms with van der Waals surface area (Å²) in [5.74, 6) is -6.23. The molecule has 11 nitrogen and oxygen atoms in total. The van der Waals surface area contributed by atoms with E-state index in [-0.39, 0.29) is 48.7 Å². The van der Waals surface area contributed by atoms with Gasteiger partial charge in [0.05, 0.1) is 33.2 Å². The highest BCUT2D eigenvalue weighted by Crippen LogP contribution is 2.52. The molecule has 0 radical (unpaired) electrons. The quantitative estimate of drug-likeness (QED) is 0.104. The van der Waals surface area contributed by atoms with Gasteiger partial charge in [0.25, 0.3) is 28.3 Å². The molecule has 5 aromatic rings. The van der Waals surface area contributed by atoms with E-state index in [1.807, 2.05) is 0 Å². The van der Waals surface area contributed by atoms with Gasteiger partial charge in [-0.05, 0) is 69.1 Å². The minimum atomic E-state index is -4.21. The molecule has 0 spiro atoms. The highest BCUT2D eigenvalue weighted by Gasteiger charge is 2.55. The number of nitrogens with zero attached hydrogens (tertiary/aromatic N) is 5. The fourth-order valence-electron chi connectivity index (χ4n) is 6.69. The van der Waals surface area contributed by atoms with Crippen molar-refractivity contribution in [1.82, 2.24) is 34.6 Å². The highest BCUT2D eigenvalue weighted by atomic mass is 35.5. The van der Waals surface area contributed by atoms with Crippen LogP contribution in [0.15, 0.2) is 47.5 Å². The molecule has 0 aliphatic heterocycles. The summed E-state index contributed by atoms with van der Waals surface area (Å²) in [4.78, 5) is 18.5. The molecule has 2 aromatic carbocycles. The normalized spacial score (nSPS) is 15.6. The summed E-state index contributed by atoms with van der Waals surface area (Å²) in [6.45, 7) is 1.47. The second kappa shape index (κ2) is 15.3. The summed E-state index contributed by atoms with van der Waals surface area (Å²) >= 11 is 6.52. The van der Waals surface area contributed by atoms with Gasteiger partial charge in [0, 0.05) is 37.1 Å². The summed E-state index contributed by atoms with van der Waals surface area (Å²) in [6, 6.07) is 6.61. The molecule has 1 aliphatic rings. The maximum absolute atomic E-state index is 15.2. The Bertz CT molecular complexity index is 2610. The standard InChI is InChI=1S/C37H32ClF8N7O4S/c1-35(2,55)10-9-21-5-6-22(23-7-8-24(38)27-31(23)52(4)51-34(27)58(56,57)47-3)29(48-21)25(15-18-13-19(39)16-20(40)14-18)49-26(54)17-53-32-28(30(50-53)33(41)42)36(43,44)11-12-37(32,45)46/h5-8,13-14,16,25,33,47,55H,11-12,15,17H2,1-4H3,(H,49,54)/t25-/m0/s1. The predicted molar refractivity (Wildman–Crippen MR) is 194 cm³/mol. The number of benzene rings is 2. The Morgan fingerprint density at radius 1 is 1.00 bits per heavy atom. The highest BCUT2D eigenvalue weighted by molar-refractivity contribution is 7.89. The van der Waals surface area contributed by atoms with Gasteiger partial charge in [-0.15, -0.1) is 0 Å². The number of hydrogen-bond donors (Lipinski definition) is 3. The van der Waals surface area contributed by atoms with Crippen LogP contribution in [0.5, 0.6) is 0 Å². The van der Waals surface area contributed by atoms with Gasteiger partial charge in [-0.1, -0.05) is 23.6 Å². The molecule has 58 heavy (non-hydrogen) atoms. The minimum Gasteiger partial charge on any atom is -0.378 e. The monoisotopic (exact) mass is 857 g/mol. The zero-order valence-electron chi connectivity index (χ0n) is 30.7. The Hall–Kier alpha value is -5.10. The molecule has 1 atom stereocenters. The van der Waals surface area contributed by atoms with E-state index in [4.69, 9.17) is 11.6 Å². The molecule has 0 fully saturated rings. The number of pyridine rings is 1. The smallest absolute Gasteiger partial charge is 0.290 e. The first-order chi connectivity index (χ1) is 26.9. The Balaban J connectivity index is 1.56. The molecule has 0 unspecified atom stereocenters. The molecule has 3 aromatic heterocycles. The van der Waals surface area contributed by atoms with Gasteiger partial charge in [0.15, 0.2) is 0 Å². The van der Waals surface area contributed by atoms with Gasteiger partial charge >= 0.3 is 0 Å². The zero-order chi connectivity index (χ0) is 42.7. The van der Waals surface area contributed by atoms with Gasteiger partial charge in [-0.2, -0.15) is 19.0 Å². The second-order valence-electron chi connectivity index (χ2n) is 14.0. The van der Waals surface area contributed by atoms with E-state index in [1.165, 1.54) is 49.8 Å². The molecule has 21 heteroatoms. The van der Waals surface area contributed by atoms with Crippen LogP contribution in [0.25, 0.3) is 22.0 Å². The van der Waals surface area contributed by atoms with Crippen LogP contribution in [-0.2, 0) is 46.7 Å². The van der Waals surface area contributed by atoms with E-state index in [0.717, 1.165) is 19.2 Å². The van der Waals surface area contributed by atoms with Gasteiger partial charge in [0.1, 0.15) is 40.9 Å². The van der Waals surface area contributed by atoms with E-state index >= 15 is 8.78 Å². The topological polar surface area (TPSA) is 144 Å². The van der Waals surface area contributed by atoms with Crippen molar-refractivity contribution in [2.24, 2.45) is 7.05 Å².